The van der Waals surface area contributed by atoms with E-state index >= 15 is 0 Å². The molecule has 7 heteroatoms. The molecule has 2 aromatic rings. The van der Waals surface area contributed by atoms with Gasteiger partial charge in [0.05, 0.1) is 6.54 Å². The molecule has 2 rings (SSSR count). The monoisotopic (exact) mass is 484 g/mol. The summed E-state index contributed by atoms with van der Waals surface area (Å²) in [4.78, 5) is 18.0. The second kappa shape index (κ2) is 12.3. The predicted molar refractivity (Wildman–Crippen MR) is 118 cm³/mol. The number of halogens is 2. The van der Waals surface area contributed by atoms with E-state index in [2.05, 4.69) is 15.6 Å². The molecule has 0 atom stereocenters. The largest absolute Gasteiger partial charge is 0.354 e. The molecule has 0 spiro atoms. The summed E-state index contributed by atoms with van der Waals surface area (Å²) in [5, 5.41) is 5.93. The Morgan fingerprint density at radius 2 is 1.70 bits per heavy atom. The Bertz CT molecular complexity index is 723. The summed E-state index contributed by atoms with van der Waals surface area (Å²) in [7, 11) is 3.53. The van der Waals surface area contributed by atoms with E-state index in [4.69, 9.17) is 0 Å². The average molecular weight is 484 g/mol. The van der Waals surface area contributed by atoms with E-state index in [9.17, 15) is 9.18 Å². The van der Waals surface area contributed by atoms with Gasteiger partial charge in [0.15, 0.2) is 5.96 Å². The fraction of sp³-hybridized carbons (Fsp3) is 0.300. The van der Waals surface area contributed by atoms with E-state index in [1.54, 1.807) is 19.2 Å². The number of nitrogens with zero attached hydrogens (tertiary/aromatic N) is 2. The summed E-state index contributed by atoms with van der Waals surface area (Å²) in [6.45, 7) is 1.30. The van der Waals surface area contributed by atoms with Crippen molar-refractivity contribution in [1.29, 1.82) is 0 Å². The molecule has 0 heterocycles. The molecular weight excluding hydrogens is 458 g/mol. The fourth-order valence-corrected chi connectivity index (χ4v) is 2.54. The van der Waals surface area contributed by atoms with Crippen LogP contribution in [0.15, 0.2) is 59.6 Å². The Morgan fingerprint density at radius 1 is 1.04 bits per heavy atom. The summed E-state index contributed by atoms with van der Waals surface area (Å²) < 4.78 is 13.0. The quantitative estimate of drug-likeness (QED) is 0.361. The Labute approximate surface area is 177 Å². The first kappa shape index (κ1) is 22.9. The third-order valence-electron chi connectivity index (χ3n) is 3.89. The minimum absolute atomic E-state index is 0. The molecule has 0 aliphatic carbocycles. The van der Waals surface area contributed by atoms with Gasteiger partial charge in [-0.2, -0.15) is 0 Å². The summed E-state index contributed by atoms with van der Waals surface area (Å²) in [6, 6.07) is 16.3. The Balaban J connectivity index is 0.00000364. The van der Waals surface area contributed by atoms with E-state index in [1.165, 1.54) is 17.7 Å². The van der Waals surface area contributed by atoms with Crippen molar-refractivity contribution in [2.75, 3.05) is 27.2 Å². The third-order valence-corrected chi connectivity index (χ3v) is 3.89. The van der Waals surface area contributed by atoms with Gasteiger partial charge in [-0.15, -0.1) is 24.0 Å². The first-order valence-corrected chi connectivity index (χ1v) is 8.55. The number of hydrogen-bond donors (Lipinski definition) is 2. The second-order valence-corrected chi connectivity index (χ2v) is 5.97. The molecule has 0 bridgehead atoms. The number of rotatable bonds is 7. The maximum Gasteiger partial charge on any atom is 0.239 e. The number of hydrogen-bond acceptors (Lipinski definition) is 2. The van der Waals surface area contributed by atoms with Crippen LogP contribution in [-0.2, 0) is 17.8 Å². The van der Waals surface area contributed by atoms with Crippen LogP contribution in [0, 0.1) is 5.82 Å². The van der Waals surface area contributed by atoms with Gasteiger partial charge in [-0.3, -0.25) is 9.79 Å². The molecular formula is C20H26FIN4O. The smallest absolute Gasteiger partial charge is 0.239 e. The fourth-order valence-electron chi connectivity index (χ4n) is 2.54. The minimum atomic E-state index is -0.258. The number of guanidine groups is 1. The first-order chi connectivity index (χ1) is 12.6. The normalized spacial score (nSPS) is 10.7. The van der Waals surface area contributed by atoms with Crippen molar-refractivity contribution in [1.82, 2.24) is 15.5 Å². The number of benzene rings is 2. The van der Waals surface area contributed by atoms with Gasteiger partial charge in [0.2, 0.25) is 5.91 Å². The molecule has 2 N–H and O–H groups in total. The van der Waals surface area contributed by atoms with Crippen LogP contribution in [0.25, 0.3) is 0 Å². The third kappa shape index (κ3) is 8.38. The van der Waals surface area contributed by atoms with Crippen molar-refractivity contribution in [2.24, 2.45) is 4.99 Å². The highest BCUT2D eigenvalue weighted by Gasteiger charge is 2.09. The van der Waals surface area contributed by atoms with Crippen LogP contribution in [0.5, 0.6) is 0 Å². The number of nitrogens with one attached hydrogen (secondary N) is 2. The topological polar surface area (TPSA) is 56.7 Å². The maximum atomic E-state index is 13.0. The van der Waals surface area contributed by atoms with Crippen molar-refractivity contribution >= 4 is 35.8 Å². The minimum Gasteiger partial charge on any atom is -0.354 e. The second-order valence-electron chi connectivity index (χ2n) is 5.97. The molecule has 2 aromatic carbocycles. The van der Waals surface area contributed by atoms with Gasteiger partial charge in [-0.1, -0.05) is 42.5 Å². The van der Waals surface area contributed by atoms with Gasteiger partial charge in [0.1, 0.15) is 5.82 Å². The van der Waals surface area contributed by atoms with Gasteiger partial charge in [0.25, 0.3) is 0 Å². The standard InChI is InChI=1S/C20H25FN4O.HI/c1-22-20(25(2)15-17-8-10-18(21)11-9-17)24-14-19(26)23-13-12-16-6-4-3-5-7-16;/h3-11H,12-15H2,1-2H3,(H,22,24)(H,23,26);1H. The zero-order valence-electron chi connectivity index (χ0n) is 15.6. The average Bonchev–Trinajstić information content (AvgIpc) is 2.65. The van der Waals surface area contributed by atoms with E-state index in [1.807, 2.05) is 42.3 Å². The van der Waals surface area contributed by atoms with E-state index in [0.29, 0.717) is 19.0 Å². The highest BCUT2D eigenvalue weighted by Crippen LogP contribution is 2.05. The van der Waals surface area contributed by atoms with Crippen LogP contribution >= 0.6 is 24.0 Å². The van der Waals surface area contributed by atoms with Gasteiger partial charge >= 0.3 is 0 Å². The van der Waals surface area contributed by atoms with Crippen LogP contribution in [-0.4, -0.2) is 44.0 Å². The van der Waals surface area contributed by atoms with Crippen molar-refractivity contribution in [2.45, 2.75) is 13.0 Å². The maximum absolute atomic E-state index is 13.0. The predicted octanol–water partition coefficient (Wildman–Crippen LogP) is 2.81. The molecule has 0 saturated heterocycles. The number of carbonyl (C=O) groups excluding carboxylic acids is 1. The lowest BCUT2D eigenvalue weighted by molar-refractivity contribution is -0.120. The van der Waals surface area contributed by atoms with E-state index < -0.39 is 0 Å². The zero-order chi connectivity index (χ0) is 18.8. The lowest BCUT2D eigenvalue weighted by Gasteiger charge is -2.22. The molecule has 0 aromatic heterocycles. The number of carbonyl (C=O) groups is 1. The number of aliphatic imine (C=N–C) groups is 1. The van der Waals surface area contributed by atoms with Crippen molar-refractivity contribution in [3.63, 3.8) is 0 Å². The lowest BCUT2D eigenvalue weighted by Crippen LogP contribution is -2.44. The Hall–Kier alpha value is -2.16. The summed E-state index contributed by atoms with van der Waals surface area (Å²) in [6.07, 6.45) is 0.797. The first-order valence-electron chi connectivity index (χ1n) is 8.55. The van der Waals surface area contributed by atoms with Crippen LogP contribution in [0.3, 0.4) is 0 Å². The van der Waals surface area contributed by atoms with Crippen molar-refractivity contribution < 1.29 is 9.18 Å². The van der Waals surface area contributed by atoms with Gasteiger partial charge < -0.3 is 15.5 Å². The number of amides is 1. The summed E-state index contributed by atoms with van der Waals surface area (Å²) in [5.74, 6) is 0.260. The molecule has 0 aliphatic rings. The van der Waals surface area contributed by atoms with Crippen LogP contribution in [0.4, 0.5) is 4.39 Å². The summed E-state index contributed by atoms with van der Waals surface area (Å²) in [5.41, 5.74) is 2.15. The molecule has 146 valence electrons. The van der Waals surface area contributed by atoms with Gasteiger partial charge in [-0.25, -0.2) is 4.39 Å². The molecule has 0 radical (unpaired) electrons. The van der Waals surface area contributed by atoms with E-state index in [-0.39, 0.29) is 42.2 Å². The van der Waals surface area contributed by atoms with Gasteiger partial charge in [-0.05, 0) is 29.7 Å². The molecule has 0 saturated carbocycles. The Morgan fingerprint density at radius 3 is 2.33 bits per heavy atom. The molecule has 0 aliphatic heterocycles. The molecule has 27 heavy (non-hydrogen) atoms. The summed E-state index contributed by atoms with van der Waals surface area (Å²) >= 11 is 0. The van der Waals surface area contributed by atoms with Crippen molar-refractivity contribution in [3.05, 3.63) is 71.5 Å². The molecule has 1 amide bonds. The van der Waals surface area contributed by atoms with Crippen LogP contribution in [0.1, 0.15) is 11.1 Å². The zero-order valence-corrected chi connectivity index (χ0v) is 17.9. The van der Waals surface area contributed by atoms with E-state index in [0.717, 1.165) is 12.0 Å². The highest BCUT2D eigenvalue weighted by atomic mass is 127. The van der Waals surface area contributed by atoms with Crippen molar-refractivity contribution in [3.8, 4) is 0 Å². The molecule has 0 fully saturated rings. The van der Waals surface area contributed by atoms with Crippen LogP contribution < -0.4 is 10.6 Å². The van der Waals surface area contributed by atoms with Gasteiger partial charge in [0, 0.05) is 27.2 Å². The SMILES string of the molecule is CN=C(NCC(=O)NCCc1ccccc1)N(C)Cc1ccc(F)cc1.I. The highest BCUT2D eigenvalue weighted by molar-refractivity contribution is 14.0. The lowest BCUT2D eigenvalue weighted by atomic mass is 10.1. The van der Waals surface area contributed by atoms with Crippen LogP contribution in [0.2, 0.25) is 0 Å². The molecule has 5 nitrogen and oxygen atoms in total. The Kier molecular flexibility index (Phi) is 10.4. The molecule has 0 unspecified atom stereocenters.